The number of aliphatic hydroxyl groups is 1. The number of aliphatic hydroxyl groups excluding tert-OH is 1. The molecule has 1 atom stereocenters. The molecule has 6 heteroatoms. The Kier molecular flexibility index (Phi) is 7.66. The lowest BCUT2D eigenvalue weighted by atomic mass is 10.1. The summed E-state index contributed by atoms with van der Waals surface area (Å²) in [6.45, 7) is 1.42. The fraction of sp³-hybridized carbons (Fsp3) is 0.333. The van der Waals surface area contributed by atoms with E-state index < -0.39 is 6.10 Å². The first-order valence-corrected chi connectivity index (χ1v) is 8.43. The third-order valence-corrected chi connectivity index (χ3v) is 4.20. The molecule has 0 saturated carbocycles. The van der Waals surface area contributed by atoms with Crippen LogP contribution in [-0.4, -0.2) is 38.0 Å². The Morgan fingerprint density at radius 1 is 1.04 bits per heavy atom. The SMILES string of the molecule is COc1ccc(OCC(O)CNCCc2ccc(Cl)c(Cl)c2)cc1. The molecule has 4 nitrogen and oxygen atoms in total. The van der Waals surface area contributed by atoms with Gasteiger partial charge in [0.2, 0.25) is 0 Å². The van der Waals surface area contributed by atoms with Gasteiger partial charge in [-0.2, -0.15) is 0 Å². The minimum absolute atomic E-state index is 0.228. The maximum absolute atomic E-state index is 9.94. The van der Waals surface area contributed by atoms with Gasteiger partial charge in [-0.25, -0.2) is 0 Å². The van der Waals surface area contributed by atoms with Crippen molar-refractivity contribution in [1.82, 2.24) is 5.32 Å². The van der Waals surface area contributed by atoms with E-state index in [2.05, 4.69) is 5.32 Å². The highest BCUT2D eigenvalue weighted by molar-refractivity contribution is 6.42. The van der Waals surface area contributed by atoms with Crippen molar-refractivity contribution in [3.05, 3.63) is 58.1 Å². The molecule has 130 valence electrons. The quantitative estimate of drug-likeness (QED) is 0.663. The van der Waals surface area contributed by atoms with Crippen LogP contribution in [-0.2, 0) is 6.42 Å². The molecule has 2 aromatic carbocycles. The number of benzene rings is 2. The van der Waals surface area contributed by atoms with Crippen molar-refractivity contribution in [2.24, 2.45) is 0 Å². The maximum Gasteiger partial charge on any atom is 0.119 e. The van der Waals surface area contributed by atoms with Crippen LogP contribution in [0.1, 0.15) is 5.56 Å². The van der Waals surface area contributed by atoms with E-state index in [-0.39, 0.29) is 6.61 Å². The van der Waals surface area contributed by atoms with Crippen LogP contribution in [0.25, 0.3) is 0 Å². The molecule has 1 unspecified atom stereocenters. The molecule has 0 aliphatic heterocycles. The molecule has 0 radical (unpaired) electrons. The molecular formula is C18H21Cl2NO3. The predicted octanol–water partition coefficient (Wildman–Crippen LogP) is 3.57. The van der Waals surface area contributed by atoms with Crippen LogP contribution < -0.4 is 14.8 Å². The summed E-state index contributed by atoms with van der Waals surface area (Å²) < 4.78 is 10.6. The number of hydrogen-bond donors (Lipinski definition) is 2. The number of methoxy groups -OCH3 is 1. The van der Waals surface area contributed by atoms with Gasteiger partial charge in [-0.05, 0) is 54.9 Å². The van der Waals surface area contributed by atoms with Gasteiger partial charge in [-0.3, -0.25) is 0 Å². The van der Waals surface area contributed by atoms with E-state index in [0.29, 0.717) is 22.3 Å². The minimum atomic E-state index is -0.582. The summed E-state index contributed by atoms with van der Waals surface area (Å²) in [6, 6.07) is 12.8. The smallest absolute Gasteiger partial charge is 0.119 e. The van der Waals surface area contributed by atoms with E-state index in [0.717, 1.165) is 24.3 Å². The van der Waals surface area contributed by atoms with E-state index in [1.165, 1.54) is 0 Å². The van der Waals surface area contributed by atoms with E-state index in [9.17, 15) is 5.11 Å². The molecule has 0 heterocycles. The third-order valence-electron chi connectivity index (χ3n) is 3.46. The average Bonchev–Trinajstić information content (AvgIpc) is 2.60. The lowest BCUT2D eigenvalue weighted by Gasteiger charge is -2.13. The molecule has 0 fully saturated rings. The Labute approximate surface area is 152 Å². The van der Waals surface area contributed by atoms with Gasteiger partial charge in [-0.15, -0.1) is 0 Å². The zero-order chi connectivity index (χ0) is 17.4. The van der Waals surface area contributed by atoms with Crippen molar-refractivity contribution in [2.45, 2.75) is 12.5 Å². The Morgan fingerprint density at radius 2 is 1.75 bits per heavy atom. The van der Waals surface area contributed by atoms with Gasteiger partial charge in [-0.1, -0.05) is 29.3 Å². The van der Waals surface area contributed by atoms with Crippen LogP contribution >= 0.6 is 23.2 Å². The summed E-state index contributed by atoms with van der Waals surface area (Å²) in [6.07, 6.45) is 0.226. The second kappa shape index (κ2) is 9.74. The van der Waals surface area contributed by atoms with E-state index >= 15 is 0 Å². The van der Waals surface area contributed by atoms with E-state index in [1.54, 1.807) is 13.2 Å². The fourth-order valence-electron chi connectivity index (χ4n) is 2.12. The molecule has 0 spiro atoms. The topological polar surface area (TPSA) is 50.7 Å². The summed E-state index contributed by atoms with van der Waals surface area (Å²) in [5.74, 6) is 1.47. The second-order valence-electron chi connectivity index (χ2n) is 5.34. The van der Waals surface area contributed by atoms with Crippen molar-refractivity contribution < 1.29 is 14.6 Å². The molecule has 2 aromatic rings. The largest absolute Gasteiger partial charge is 0.497 e. The van der Waals surface area contributed by atoms with Crippen LogP contribution in [0, 0.1) is 0 Å². The second-order valence-corrected chi connectivity index (χ2v) is 6.16. The summed E-state index contributed by atoms with van der Waals surface area (Å²) in [5, 5.41) is 14.2. The normalized spacial score (nSPS) is 12.0. The lowest BCUT2D eigenvalue weighted by molar-refractivity contribution is 0.106. The van der Waals surface area contributed by atoms with Crippen LogP contribution in [0.4, 0.5) is 0 Å². The van der Waals surface area contributed by atoms with Gasteiger partial charge < -0.3 is 19.9 Å². The van der Waals surface area contributed by atoms with Gasteiger partial charge in [0.05, 0.1) is 17.2 Å². The highest BCUT2D eigenvalue weighted by atomic mass is 35.5. The Hall–Kier alpha value is -1.46. The monoisotopic (exact) mass is 369 g/mol. The Bertz CT molecular complexity index is 635. The van der Waals surface area contributed by atoms with Gasteiger partial charge in [0.15, 0.2) is 0 Å². The number of nitrogens with one attached hydrogen (secondary N) is 1. The summed E-state index contributed by atoms with van der Waals surface area (Å²) >= 11 is 11.9. The summed E-state index contributed by atoms with van der Waals surface area (Å²) in [4.78, 5) is 0. The van der Waals surface area contributed by atoms with Crippen molar-refractivity contribution >= 4 is 23.2 Å². The molecule has 0 aliphatic rings. The molecule has 0 amide bonds. The van der Waals surface area contributed by atoms with Crippen LogP contribution in [0.3, 0.4) is 0 Å². The van der Waals surface area contributed by atoms with Gasteiger partial charge >= 0.3 is 0 Å². The van der Waals surface area contributed by atoms with Crippen molar-refractivity contribution in [3.63, 3.8) is 0 Å². The molecule has 2 N–H and O–H groups in total. The summed E-state index contributed by atoms with van der Waals surface area (Å²) in [7, 11) is 1.61. The summed E-state index contributed by atoms with van der Waals surface area (Å²) in [5.41, 5.74) is 1.10. The minimum Gasteiger partial charge on any atom is -0.497 e. The first-order valence-electron chi connectivity index (χ1n) is 7.68. The first kappa shape index (κ1) is 18.9. The van der Waals surface area contributed by atoms with Crippen LogP contribution in [0.5, 0.6) is 11.5 Å². The molecule has 24 heavy (non-hydrogen) atoms. The molecule has 0 aliphatic carbocycles. The maximum atomic E-state index is 9.94. The number of rotatable bonds is 9. The Balaban J connectivity index is 1.63. The number of halogens is 2. The lowest BCUT2D eigenvalue weighted by Crippen LogP contribution is -2.32. The first-order chi connectivity index (χ1) is 11.6. The molecule has 0 saturated heterocycles. The zero-order valence-corrected chi connectivity index (χ0v) is 15.0. The Morgan fingerprint density at radius 3 is 2.42 bits per heavy atom. The van der Waals surface area contributed by atoms with Crippen molar-refractivity contribution in [2.75, 3.05) is 26.8 Å². The number of hydrogen-bond acceptors (Lipinski definition) is 4. The van der Waals surface area contributed by atoms with Gasteiger partial charge in [0.1, 0.15) is 24.2 Å². The highest BCUT2D eigenvalue weighted by Gasteiger charge is 2.05. The third kappa shape index (κ3) is 6.21. The molecule has 0 aromatic heterocycles. The fourth-order valence-corrected chi connectivity index (χ4v) is 2.44. The zero-order valence-electron chi connectivity index (χ0n) is 13.5. The van der Waals surface area contributed by atoms with E-state index in [4.69, 9.17) is 32.7 Å². The van der Waals surface area contributed by atoms with Crippen LogP contribution in [0.15, 0.2) is 42.5 Å². The highest BCUT2D eigenvalue weighted by Crippen LogP contribution is 2.22. The standard InChI is InChI=1S/C18H21Cl2NO3/c1-23-15-3-5-16(6-4-15)24-12-14(22)11-21-9-8-13-2-7-17(19)18(20)10-13/h2-7,10,14,21-22H,8-9,11-12H2,1H3. The predicted molar refractivity (Wildman–Crippen MR) is 97.5 cm³/mol. The van der Waals surface area contributed by atoms with Gasteiger partial charge in [0, 0.05) is 6.54 Å². The van der Waals surface area contributed by atoms with Gasteiger partial charge in [0.25, 0.3) is 0 Å². The van der Waals surface area contributed by atoms with Crippen molar-refractivity contribution in [1.29, 1.82) is 0 Å². The molecule has 0 bridgehead atoms. The number of ether oxygens (including phenoxy) is 2. The van der Waals surface area contributed by atoms with E-state index in [1.807, 2.05) is 36.4 Å². The average molecular weight is 370 g/mol. The molecular weight excluding hydrogens is 349 g/mol. The molecule has 2 rings (SSSR count). The van der Waals surface area contributed by atoms with Crippen LogP contribution in [0.2, 0.25) is 10.0 Å². The van der Waals surface area contributed by atoms with Crippen molar-refractivity contribution in [3.8, 4) is 11.5 Å².